The molecule has 0 radical (unpaired) electrons. The number of aromatic amines is 1. The molecule has 0 spiro atoms. The fourth-order valence-corrected chi connectivity index (χ4v) is 2.30. The van der Waals surface area contributed by atoms with Crippen molar-refractivity contribution in [3.63, 3.8) is 0 Å². The molecule has 1 aromatic heterocycles. The third-order valence-electron chi connectivity index (χ3n) is 2.09. The Kier molecular flexibility index (Phi) is 3.48. The van der Waals surface area contributed by atoms with Gasteiger partial charge in [-0.1, -0.05) is 11.6 Å². The second-order valence-corrected chi connectivity index (χ2v) is 5.66. The van der Waals surface area contributed by atoms with Crippen molar-refractivity contribution in [1.82, 2.24) is 4.98 Å². The van der Waals surface area contributed by atoms with Gasteiger partial charge in [0.05, 0.1) is 21.6 Å². The van der Waals surface area contributed by atoms with Gasteiger partial charge in [0, 0.05) is 4.47 Å². The van der Waals surface area contributed by atoms with Crippen LogP contribution in [0.4, 0.5) is 5.69 Å². The number of fused-ring (bicyclic) bond motifs is 1. The van der Waals surface area contributed by atoms with Crippen LogP contribution >= 0.6 is 35.4 Å². The van der Waals surface area contributed by atoms with Gasteiger partial charge in [-0.15, -0.1) is 4.62 Å². The lowest BCUT2D eigenvalue weighted by Crippen LogP contribution is -2.00. The van der Waals surface area contributed by atoms with Gasteiger partial charge in [-0.2, -0.15) is 0 Å². The summed E-state index contributed by atoms with van der Waals surface area (Å²) in [6, 6.07) is 3.32. The summed E-state index contributed by atoms with van der Waals surface area (Å²) in [6.45, 7) is 0. The maximum atomic E-state index is 11.5. The summed E-state index contributed by atoms with van der Waals surface area (Å²) in [5.41, 5.74) is 0.410. The minimum Gasteiger partial charge on any atom is -0.355 e. The quantitative estimate of drug-likeness (QED) is 0.579. The van der Waals surface area contributed by atoms with E-state index in [-0.39, 0.29) is 15.6 Å². The summed E-state index contributed by atoms with van der Waals surface area (Å²) in [7, 11) is -4.92. The molecule has 2 rings (SSSR count). The molecule has 0 aliphatic carbocycles. The first-order chi connectivity index (χ1) is 8.29. The molecular formula is C8H6BrClN2O5P+. The van der Waals surface area contributed by atoms with Gasteiger partial charge in [0.1, 0.15) is 5.39 Å². The van der Waals surface area contributed by atoms with Crippen LogP contribution in [0.1, 0.15) is 0 Å². The second kappa shape index (κ2) is 4.64. The number of hydrogen-bond acceptors (Lipinski definition) is 3. The summed E-state index contributed by atoms with van der Waals surface area (Å²) in [5.74, 6) is 0. The molecule has 10 heteroatoms. The molecule has 0 saturated carbocycles. The van der Waals surface area contributed by atoms with Crippen molar-refractivity contribution in [2.24, 2.45) is 0 Å². The molecule has 2 aromatic rings. The lowest BCUT2D eigenvalue weighted by molar-refractivity contribution is -0.703. The van der Waals surface area contributed by atoms with Crippen LogP contribution in [-0.4, -0.2) is 19.7 Å². The molecule has 7 nitrogen and oxygen atoms in total. The number of nitrogens with zero attached hydrogens (tertiary/aromatic N) is 1. The summed E-state index contributed by atoms with van der Waals surface area (Å²) >= 11 is 9.19. The zero-order valence-electron chi connectivity index (χ0n) is 8.50. The highest BCUT2D eigenvalue weighted by atomic mass is 79.9. The number of H-pyrrole nitrogens is 1. The third-order valence-corrected chi connectivity index (χ3v) is 3.74. The van der Waals surface area contributed by atoms with Crippen molar-refractivity contribution in [2.75, 3.05) is 0 Å². The molecule has 0 aliphatic heterocycles. The zero-order chi connectivity index (χ0) is 13.5. The molecule has 0 saturated heterocycles. The molecule has 1 heterocycles. The van der Waals surface area contributed by atoms with Crippen molar-refractivity contribution in [3.05, 3.63) is 32.7 Å². The number of aromatic nitrogens is 1. The summed E-state index contributed by atoms with van der Waals surface area (Å²) in [5, 5.41) is 0.536. The predicted octanol–water partition coefficient (Wildman–Crippen LogP) is 3.02. The highest BCUT2D eigenvalue weighted by Crippen LogP contribution is 2.41. The van der Waals surface area contributed by atoms with E-state index in [9.17, 15) is 9.47 Å². The molecule has 0 aliphatic rings. The summed E-state index contributed by atoms with van der Waals surface area (Å²) < 4.78 is 15.1. The molecule has 0 amide bonds. The van der Waals surface area contributed by atoms with Gasteiger partial charge in [0.15, 0.2) is 0 Å². The van der Waals surface area contributed by atoms with E-state index in [1.165, 1.54) is 6.20 Å². The minimum absolute atomic E-state index is 0.125. The molecule has 18 heavy (non-hydrogen) atoms. The Labute approximate surface area is 114 Å². The maximum absolute atomic E-state index is 11.5. The van der Waals surface area contributed by atoms with Gasteiger partial charge < -0.3 is 4.98 Å². The first-order valence-electron chi connectivity index (χ1n) is 4.47. The van der Waals surface area contributed by atoms with Crippen molar-refractivity contribution < 1.29 is 23.9 Å². The molecular weight excluding hydrogens is 350 g/mol. The van der Waals surface area contributed by atoms with Crippen LogP contribution in [0.15, 0.2) is 22.8 Å². The van der Waals surface area contributed by atoms with E-state index in [1.54, 1.807) is 12.1 Å². The minimum atomic E-state index is -4.92. The van der Waals surface area contributed by atoms with Crippen LogP contribution in [0.25, 0.3) is 10.9 Å². The molecule has 0 fully saturated rings. The van der Waals surface area contributed by atoms with Crippen LogP contribution in [-0.2, 0) is 9.19 Å². The monoisotopic (exact) mass is 355 g/mol. The van der Waals surface area contributed by atoms with Crippen LogP contribution in [0.5, 0.6) is 0 Å². The van der Waals surface area contributed by atoms with E-state index >= 15 is 0 Å². The fraction of sp³-hybridized carbons (Fsp3) is 0. The average molecular weight is 356 g/mol. The van der Waals surface area contributed by atoms with Crippen molar-refractivity contribution in [2.45, 2.75) is 0 Å². The fourth-order valence-electron chi connectivity index (χ4n) is 1.42. The number of rotatable bonds is 3. The van der Waals surface area contributed by atoms with Gasteiger partial charge >= 0.3 is 13.5 Å². The van der Waals surface area contributed by atoms with Crippen molar-refractivity contribution >= 4 is 51.9 Å². The topological polar surface area (TPSA) is 103 Å². The van der Waals surface area contributed by atoms with Gasteiger partial charge in [0.25, 0.3) is 4.92 Å². The van der Waals surface area contributed by atoms with E-state index < -0.39 is 7.82 Å². The van der Waals surface area contributed by atoms with Crippen LogP contribution in [0.3, 0.4) is 0 Å². The standard InChI is InChI=1S/C8H5BrClN2O5P/c9-4-1-2-5-7(8(4)10)6(3-11-5)12(13)17-18(14,15)16/h1-3,11H,(H-,14,15,16)/p+1. The van der Waals surface area contributed by atoms with Crippen LogP contribution < -0.4 is 0 Å². The SMILES string of the molecule is O=[N+](OP(=O)(O)O)c1c[nH]c2ccc(Br)c(Cl)c12. The van der Waals surface area contributed by atoms with Gasteiger partial charge in [0.2, 0.25) is 0 Å². The average Bonchev–Trinajstić information content (AvgIpc) is 2.65. The normalized spacial score (nSPS) is 11.8. The van der Waals surface area contributed by atoms with E-state index in [1.807, 2.05) is 0 Å². The number of benzene rings is 1. The van der Waals surface area contributed by atoms with Crippen LogP contribution in [0.2, 0.25) is 5.02 Å². The largest absolute Gasteiger partial charge is 0.587 e. The Morgan fingerprint density at radius 3 is 2.72 bits per heavy atom. The van der Waals surface area contributed by atoms with E-state index in [4.69, 9.17) is 21.4 Å². The Morgan fingerprint density at radius 2 is 2.11 bits per heavy atom. The van der Waals surface area contributed by atoms with Crippen molar-refractivity contribution in [3.8, 4) is 0 Å². The predicted molar refractivity (Wildman–Crippen MR) is 67.4 cm³/mol. The van der Waals surface area contributed by atoms with Crippen LogP contribution in [0, 0.1) is 4.91 Å². The van der Waals surface area contributed by atoms with Gasteiger partial charge in [-0.25, -0.2) is 4.57 Å². The van der Waals surface area contributed by atoms with E-state index in [2.05, 4.69) is 25.5 Å². The Bertz CT molecular complexity index is 681. The van der Waals surface area contributed by atoms with E-state index in [0.717, 1.165) is 0 Å². The molecule has 3 N–H and O–H groups in total. The number of halogens is 2. The number of phosphoric acid groups is 1. The summed E-state index contributed by atoms with van der Waals surface area (Å²) in [6.07, 6.45) is 1.24. The molecule has 1 aromatic carbocycles. The lowest BCUT2D eigenvalue weighted by atomic mass is 10.2. The lowest BCUT2D eigenvalue weighted by Gasteiger charge is -1.97. The number of nitrogens with one attached hydrogen (secondary N) is 1. The highest BCUT2D eigenvalue weighted by molar-refractivity contribution is 9.10. The first kappa shape index (κ1) is 13.5. The second-order valence-electron chi connectivity index (χ2n) is 3.29. The molecule has 0 unspecified atom stereocenters. The number of hydrogen-bond donors (Lipinski definition) is 3. The Hall–Kier alpha value is -0.920. The smallest absolute Gasteiger partial charge is 0.355 e. The van der Waals surface area contributed by atoms with Gasteiger partial charge in [-0.3, -0.25) is 9.79 Å². The molecule has 0 bridgehead atoms. The summed E-state index contributed by atoms with van der Waals surface area (Å²) in [4.78, 5) is 31.1. The van der Waals surface area contributed by atoms with Crippen molar-refractivity contribution in [1.29, 1.82) is 0 Å². The first-order valence-corrected chi connectivity index (χ1v) is 7.17. The third kappa shape index (κ3) is 2.57. The maximum Gasteiger partial charge on any atom is 0.587 e. The molecule has 96 valence electrons. The zero-order valence-corrected chi connectivity index (χ0v) is 11.7. The van der Waals surface area contributed by atoms with E-state index in [0.29, 0.717) is 15.4 Å². The Morgan fingerprint density at radius 1 is 1.44 bits per heavy atom. The van der Waals surface area contributed by atoms with Gasteiger partial charge in [-0.05, 0) is 28.1 Å². The molecule has 0 atom stereocenters. The highest BCUT2D eigenvalue weighted by Gasteiger charge is 2.33. The Balaban J connectivity index is 2.56.